The standard InChI is InChI=1S/C17H14N2O2/c1-19-13-9-5-3-7-11(13)15(17(19)21)14-10-6-2-4-8-12(10)18-16(14)20/h2-9,14-15H,1H3,(H,18,20)/t14-,15+/m0/s1. The summed E-state index contributed by atoms with van der Waals surface area (Å²) in [6.07, 6.45) is 0. The second kappa shape index (κ2) is 4.19. The molecule has 4 nitrogen and oxygen atoms in total. The summed E-state index contributed by atoms with van der Waals surface area (Å²) < 4.78 is 0. The van der Waals surface area contributed by atoms with Gasteiger partial charge >= 0.3 is 0 Å². The lowest BCUT2D eigenvalue weighted by atomic mass is 9.83. The van der Waals surface area contributed by atoms with E-state index < -0.39 is 11.8 Å². The monoisotopic (exact) mass is 278 g/mol. The predicted octanol–water partition coefficient (Wildman–Crippen LogP) is 2.48. The van der Waals surface area contributed by atoms with E-state index in [4.69, 9.17) is 0 Å². The second-order valence-electron chi connectivity index (χ2n) is 5.49. The van der Waals surface area contributed by atoms with Crippen LogP contribution >= 0.6 is 0 Å². The molecule has 1 N–H and O–H groups in total. The minimum atomic E-state index is -0.445. The van der Waals surface area contributed by atoms with Crippen molar-refractivity contribution in [2.75, 3.05) is 17.3 Å². The number of hydrogen-bond acceptors (Lipinski definition) is 2. The van der Waals surface area contributed by atoms with Crippen LogP contribution in [0.15, 0.2) is 48.5 Å². The zero-order chi connectivity index (χ0) is 14.6. The van der Waals surface area contributed by atoms with Crippen LogP contribution in [0.1, 0.15) is 23.0 Å². The summed E-state index contributed by atoms with van der Waals surface area (Å²) in [5, 5.41) is 2.88. The molecule has 21 heavy (non-hydrogen) atoms. The average molecular weight is 278 g/mol. The van der Waals surface area contributed by atoms with Gasteiger partial charge in [0.1, 0.15) is 0 Å². The van der Waals surface area contributed by atoms with E-state index in [1.165, 1.54) is 0 Å². The molecule has 2 heterocycles. The first-order valence-electron chi connectivity index (χ1n) is 6.95. The highest BCUT2D eigenvalue weighted by Gasteiger charge is 2.46. The molecule has 4 rings (SSSR count). The van der Waals surface area contributed by atoms with Crippen molar-refractivity contribution in [2.45, 2.75) is 11.8 Å². The van der Waals surface area contributed by atoms with Gasteiger partial charge in [-0.05, 0) is 23.3 Å². The van der Waals surface area contributed by atoms with E-state index in [-0.39, 0.29) is 11.8 Å². The van der Waals surface area contributed by atoms with E-state index in [0.717, 1.165) is 22.5 Å². The Balaban J connectivity index is 1.88. The molecule has 0 saturated heterocycles. The molecule has 0 spiro atoms. The van der Waals surface area contributed by atoms with Gasteiger partial charge in [-0.3, -0.25) is 9.59 Å². The van der Waals surface area contributed by atoms with Gasteiger partial charge in [-0.1, -0.05) is 36.4 Å². The first-order valence-corrected chi connectivity index (χ1v) is 6.95. The highest BCUT2D eigenvalue weighted by Crippen LogP contribution is 2.48. The van der Waals surface area contributed by atoms with Gasteiger partial charge in [0, 0.05) is 18.4 Å². The van der Waals surface area contributed by atoms with Crippen molar-refractivity contribution in [1.82, 2.24) is 0 Å². The van der Waals surface area contributed by atoms with Gasteiger partial charge in [-0.25, -0.2) is 0 Å². The summed E-state index contributed by atoms with van der Waals surface area (Å²) in [6, 6.07) is 15.3. The maximum absolute atomic E-state index is 12.7. The quantitative estimate of drug-likeness (QED) is 0.871. The Labute approximate surface area is 122 Å². The zero-order valence-electron chi connectivity index (χ0n) is 11.5. The van der Waals surface area contributed by atoms with Gasteiger partial charge in [-0.2, -0.15) is 0 Å². The smallest absolute Gasteiger partial charge is 0.235 e. The fourth-order valence-corrected chi connectivity index (χ4v) is 3.40. The van der Waals surface area contributed by atoms with Crippen LogP contribution in [-0.2, 0) is 9.59 Å². The van der Waals surface area contributed by atoms with E-state index in [0.29, 0.717) is 0 Å². The molecule has 0 saturated carbocycles. The number of nitrogens with one attached hydrogen (secondary N) is 1. The van der Waals surface area contributed by atoms with E-state index in [1.54, 1.807) is 11.9 Å². The number of likely N-dealkylation sites (N-methyl/N-ethyl adjacent to an activating group) is 1. The van der Waals surface area contributed by atoms with Crippen LogP contribution in [0.5, 0.6) is 0 Å². The van der Waals surface area contributed by atoms with E-state index >= 15 is 0 Å². The van der Waals surface area contributed by atoms with Crippen molar-refractivity contribution in [3.8, 4) is 0 Å². The summed E-state index contributed by atoms with van der Waals surface area (Å²) in [6.45, 7) is 0. The molecule has 0 fully saturated rings. The lowest BCUT2D eigenvalue weighted by Crippen LogP contribution is -2.29. The fourth-order valence-electron chi connectivity index (χ4n) is 3.40. The Kier molecular flexibility index (Phi) is 2.42. The molecule has 2 atom stereocenters. The van der Waals surface area contributed by atoms with Gasteiger partial charge in [0.15, 0.2) is 0 Å². The number of nitrogens with zero attached hydrogens (tertiary/aromatic N) is 1. The van der Waals surface area contributed by atoms with Crippen LogP contribution < -0.4 is 10.2 Å². The molecule has 2 aromatic rings. The number of benzene rings is 2. The molecular formula is C17H14N2O2. The van der Waals surface area contributed by atoms with E-state index in [1.807, 2.05) is 48.5 Å². The van der Waals surface area contributed by atoms with Crippen molar-refractivity contribution in [3.05, 3.63) is 59.7 Å². The number of fused-ring (bicyclic) bond motifs is 2. The van der Waals surface area contributed by atoms with Gasteiger partial charge in [0.2, 0.25) is 11.8 Å². The second-order valence-corrected chi connectivity index (χ2v) is 5.49. The third kappa shape index (κ3) is 1.56. The Hall–Kier alpha value is -2.62. The van der Waals surface area contributed by atoms with E-state index in [2.05, 4.69) is 5.32 Å². The van der Waals surface area contributed by atoms with Crippen LogP contribution in [0.3, 0.4) is 0 Å². The van der Waals surface area contributed by atoms with Crippen LogP contribution in [0.25, 0.3) is 0 Å². The van der Waals surface area contributed by atoms with Crippen LogP contribution in [0.2, 0.25) is 0 Å². The van der Waals surface area contributed by atoms with Crippen molar-refractivity contribution < 1.29 is 9.59 Å². The fraction of sp³-hybridized carbons (Fsp3) is 0.176. The number of amides is 2. The van der Waals surface area contributed by atoms with Crippen LogP contribution in [-0.4, -0.2) is 18.9 Å². The third-order valence-electron chi connectivity index (χ3n) is 4.40. The maximum Gasteiger partial charge on any atom is 0.235 e. The molecule has 0 aromatic heterocycles. The number of hydrogen-bond donors (Lipinski definition) is 1. The first-order chi connectivity index (χ1) is 10.2. The first kappa shape index (κ1) is 12.1. The number of rotatable bonds is 1. The number of carbonyl (C=O) groups excluding carboxylic acids is 2. The van der Waals surface area contributed by atoms with Gasteiger partial charge < -0.3 is 10.2 Å². The normalized spacial score (nSPS) is 23.0. The minimum Gasteiger partial charge on any atom is -0.325 e. The van der Waals surface area contributed by atoms with Crippen molar-refractivity contribution >= 4 is 23.2 Å². The molecule has 2 aliphatic heterocycles. The van der Waals surface area contributed by atoms with E-state index in [9.17, 15) is 9.59 Å². The van der Waals surface area contributed by atoms with Crippen molar-refractivity contribution in [2.24, 2.45) is 0 Å². The predicted molar refractivity (Wildman–Crippen MR) is 80.4 cm³/mol. The molecule has 2 amide bonds. The minimum absolute atomic E-state index is 0.0203. The summed E-state index contributed by atoms with van der Waals surface area (Å²) in [5.74, 6) is -0.998. The molecule has 2 aliphatic rings. The molecule has 0 aliphatic carbocycles. The topological polar surface area (TPSA) is 49.4 Å². The summed E-state index contributed by atoms with van der Waals surface area (Å²) in [4.78, 5) is 26.7. The molecule has 0 bridgehead atoms. The average Bonchev–Trinajstić information content (AvgIpc) is 2.95. The highest BCUT2D eigenvalue weighted by molar-refractivity contribution is 6.12. The van der Waals surface area contributed by atoms with Crippen molar-refractivity contribution in [1.29, 1.82) is 0 Å². The number of para-hydroxylation sites is 2. The Morgan fingerprint density at radius 3 is 2.38 bits per heavy atom. The Bertz CT molecular complexity index is 769. The van der Waals surface area contributed by atoms with Gasteiger partial charge in [0.05, 0.1) is 11.8 Å². The van der Waals surface area contributed by atoms with Crippen LogP contribution in [0.4, 0.5) is 11.4 Å². The SMILES string of the molecule is CN1C(=O)[C@@H]([C@H]2C(=O)Nc3ccccc32)c2ccccc21. The third-order valence-corrected chi connectivity index (χ3v) is 4.40. The lowest BCUT2D eigenvalue weighted by molar-refractivity contribution is -0.124. The Morgan fingerprint density at radius 1 is 0.905 bits per heavy atom. The molecule has 0 unspecified atom stereocenters. The largest absolute Gasteiger partial charge is 0.325 e. The molecule has 2 aromatic carbocycles. The van der Waals surface area contributed by atoms with Gasteiger partial charge in [0.25, 0.3) is 0 Å². The highest BCUT2D eigenvalue weighted by atomic mass is 16.2. The summed E-state index contributed by atoms with van der Waals surface area (Å²) >= 11 is 0. The maximum atomic E-state index is 12.7. The summed E-state index contributed by atoms with van der Waals surface area (Å²) in [5.41, 5.74) is 3.55. The van der Waals surface area contributed by atoms with Gasteiger partial charge in [-0.15, -0.1) is 0 Å². The molecule has 0 radical (unpaired) electrons. The molecular weight excluding hydrogens is 264 g/mol. The van der Waals surface area contributed by atoms with Crippen LogP contribution in [0, 0.1) is 0 Å². The van der Waals surface area contributed by atoms with Crippen molar-refractivity contribution in [3.63, 3.8) is 0 Å². The lowest BCUT2D eigenvalue weighted by Gasteiger charge is -2.16. The number of carbonyl (C=O) groups is 2. The molecule has 104 valence electrons. The zero-order valence-corrected chi connectivity index (χ0v) is 11.5. The molecule has 4 heteroatoms. The number of anilines is 2. The summed E-state index contributed by atoms with van der Waals surface area (Å²) in [7, 11) is 1.76. The Morgan fingerprint density at radius 2 is 1.57 bits per heavy atom.